The molecule has 3 rings (SSSR count). The van der Waals surface area contributed by atoms with Crippen molar-refractivity contribution in [1.82, 2.24) is 0 Å². The van der Waals surface area contributed by atoms with Gasteiger partial charge in [-0.2, -0.15) is 0 Å². The van der Waals surface area contributed by atoms with E-state index in [0.717, 1.165) is 35.6 Å². The minimum absolute atomic E-state index is 0.703. The summed E-state index contributed by atoms with van der Waals surface area (Å²) in [6.45, 7) is 3.88. The van der Waals surface area contributed by atoms with Gasteiger partial charge in [-0.1, -0.05) is 57.2 Å². The summed E-state index contributed by atoms with van der Waals surface area (Å²) < 4.78 is 13.0. The molecule has 163 valence electrons. The van der Waals surface area contributed by atoms with Crippen molar-refractivity contribution in [2.24, 2.45) is 5.92 Å². The van der Waals surface area contributed by atoms with E-state index in [1.807, 2.05) is 0 Å². The quantitative estimate of drug-likeness (QED) is 0.288. The summed E-state index contributed by atoms with van der Waals surface area (Å²) in [6, 6.07) is 14.8. The van der Waals surface area contributed by atoms with E-state index < -0.39 is 0 Å². The smallest absolute Gasteiger partial charge is 0.133 e. The maximum Gasteiger partial charge on any atom is 0.133 e. The molecule has 1 aliphatic rings. The third kappa shape index (κ3) is 7.65. The van der Waals surface area contributed by atoms with Gasteiger partial charge in [-0.05, 0) is 95.8 Å². The summed E-state index contributed by atoms with van der Waals surface area (Å²) in [5.74, 6) is 2.60. The van der Waals surface area contributed by atoms with Gasteiger partial charge in [0.1, 0.15) is 11.5 Å². The highest BCUT2D eigenvalue weighted by Gasteiger charge is 2.14. The Morgan fingerprint density at radius 2 is 1.53 bits per heavy atom. The molecule has 30 heavy (non-hydrogen) atoms. The van der Waals surface area contributed by atoms with Crippen LogP contribution >= 0.6 is 15.9 Å². The Hall–Kier alpha value is -1.48. The third-order valence-electron chi connectivity index (χ3n) is 5.92. The molecule has 2 aromatic rings. The fourth-order valence-corrected chi connectivity index (χ4v) is 4.48. The van der Waals surface area contributed by atoms with Crippen molar-refractivity contribution in [3.05, 3.63) is 53.4 Å². The molecule has 0 N–H and O–H groups in total. The average molecular weight is 472 g/mol. The van der Waals surface area contributed by atoms with Crippen molar-refractivity contribution in [2.45, 2.75) is 71.1 Å². The molecular formula is C27H36BrO2. The molecule has 2 nitrogen and oxygen atoms in total. The molecule has 0 heterocycles. The van der Waals surface area contributed by atoms with Crippen LogP contribution in [0.4, 0.5) is 0 Å². The van der Waals surface area contributed by atoms with Crippen LogP contribution < -0.4 is 9.47 Å². The van der Waals surface area contributed by atoms with E-state index in [4.69, 9.17) is 9.47 Å². The fraction of sp³-hybridized carbons (Fsp3) is 0.519. The van der Waals surface area contributed by atoms with E-state index >= 15 is 0 Å². The van der Waals surface area contributed by atoms with Crippen molar-refractivity contribution in [2.75, 3.05) is 13.2 Å². The van der Waals surface area contributed by atoms with Crippen molar-refractivity contribution >= 4 is 15.9 Å². The maximum atomic E-state index is 6.02. The highest BCUT2D eigenvalue weighted by Crippen LogP contribution is 2.32. The molecule has 1 saturated carbocycles. The Kier molecular flexibility index (Phi) is 10.1. The molecular weight excluding hydrogens is 436 g/mol. The highest BCUT2D eigenvalue weighted by molar-refractivity contribution is 9.10. The number of unbranched alkanes of at least 4 members (excludes halogenated alkanes) is 5. The zero-order chi connectivity index (χ0) is 21.0. The number of hydrogen-bond donors (Lipinski definition) is 0. The van der Waals surface area contributed by atoms with Crippen LogP contribution in [0.15, 0.2) is 46.9 Å². The topological polar surface area (TPSA) is 18.5 Å². The van der Waals surface area contributed by atoms with Crippen LogP contribution in [0.25, 0.3) is 11.1 Å². The zero-order valence-corrected chi connectivity index (χ0v) is 20.0. The summed E-state index contributed by atoms with van der Waals surface area (Å²) in [5, 5.41) is 0. The molecule has 2 aromatic carbocycles. The first kappa shape index (κ1) is 23.2. The van der Waals surface area contributed by atoms with E-state index in [9.17, 15) is 0 Å². The molecule has 0 aromatic heterocycles. The van der Waals surface area contributed by atoms with Crippen LogP contribution in [-0.4, -0.2) is 13.2 Å². The van der Waals surface area contributed by atoms with E-state index in [0.29, 0.717) is 5.92 Å². The second-order valence-electron chi connectivity index (χ2n) is 8.41. The molecule has 0 saturated heterocycles. The lowest BCUT2D eigenvalue weighted by molar-refractivity contribution is 0.221. The van der Waals surface area contributed by atoms with Gasteiger partial charge in [0.05, 0.1) is 17.7 Å². The lowest BCUT2D eigenvalue weighted by Gasteiger charge is -2.21. The van der Waals surface area contributed by atoms with Crippen LogP contribution in [0.2, 0.25) is 0 Å². The summed E-state index contributed by atoms with van der Waals surface area (Å²) in [6.07, 6.45) is 15.1. The van der Waals surface area contributed by atoms with Crippen LogP contribution in [0, 0.1) is 12.3 Å². The van der Waals surface area contributed by atoms with Crippen LogP contribution in [0.3, 0.4) is 0 Å². The predicted octanol–water partition coefficient (Wildman–Crippen LogP) is 8.63. The number of hydrogen-bond acceptors (Lipinski definition) is 2. The van der Waals surface area contributed by atoms with Gasteiger partial charge in [-0.25, -0.2) is 0 Å². The highest BCUT2D eigenvalue weighted by atomic mass is 79.9. The molecule has 1 aliphatic carbocycles. The number of ether oxygens (including phenoxy) is 2. The van der Waals surface area contributed by atoms with Crippen molar-refractivity contribution in [1.29, 1.82) is 0 Å². The lowest BCUT2D eigenvalue weighted by Crippen LogP contribution is -2.15. The Labute approximate surface area is 191 Å². The van der Waals surface area contributed by atoms with Gasteiger partial charge in [0.25, 0.3) is 0 Å². The number of benzene rings is 2. The SMILES string of the molecule is CCCCCCCCOc1ccc(-c2ccc(OCC3CC[CH]CC3)cc2)cc1Br. The van der Waals surface area contributed by atoms with Gasteiger partial charge in [0, 0.05) is 0 Å². The molecule has 0 aliphatic heterocycles. The van der Waals surface area contributed by atoms with Crippen LogP contribution in [0.5, 0.6) is 11.5 Å². The first-order valence-electron chi connectivity index (χ1n) is 11.7. The monoisotopic (exact) mass is 471 g/mol. The molecule has 3 heteroatoms. The first-order valence-corrected chi connectivity index (χ1v) is 12.5. The minimum Gasteiger partial charge on any atom is -0.493 e. The molecule has 1 fully saturated rings. The summed E-state index contributed by atoms with van der Waals surface area (Å²) >= 11 is 3.68. The number of rotatable bonds is 12. The fourth-order valence-electron chi connectivity index (χ4n) is 3.98. The number of halogens is 1. The Bertz CT molecular complexity index is 735. The van der Waals surface area contributed by atoms with Crippen molar-refractivity contribution in [3.8, 4) is 22.6 Å². The summed E-state index contributed by atoms with van der Waals surface area (Å²) in [5.41, 5.74) is 2.38. The molecule has 0 unspecified atom stereocenters. The van der Waals surface area contributed by atoms with E-state index in [-0.39, 0.29) is 0 Å². The summed E-state index contributed by atoms with van der Waals surface area (Å²) in [4.78, 5) is 0. The molecule has 0 bridgehead atoms. The van der Waals surface area contributed by atoms with Crippen LogP contribution in [-0.2, 0) is 0 Å². The van der Waals surface area contributed by atoms with E-state index in [1.165, 1.54) is 68.9 Å². The van der Waals surface area contributed by atoms with E-state index in [1.54, 1.807) is 0 Å². The third-order valence-corrected chi connectivity index (χ3v) is 6.54. The van der Waals surface area contributed by atoms with Gasteiger partial charge < -0.3 is 9.47 Å². The minimum atomic E-state index is 0.703. The molecule has 1 radical (unpaired) electrons. The van der Waals surface area contributed by atoms with Gasteiger partial charge in [0.2, 0.25) is 0 Å². The first-order chi connectivity index (χ1) is 14.8. The Balaban J connectivity index is 1.45. The zero-order valence-electron chi connectivity index (χ0n) is 18.4. The van der Waals surface area contributed by atoms with Gasteiger partial charge in [-0.15, -0.1) is 0 Å². The van der Waals surface area contributed by atoms with Gasteiger partial charge in [0.15, 0.2) is 0 Å². The van der Waals surface area contributed by atoms with Crippen molar-refractivity contribution in [3.63, 3.8) is 0 Å². The molecule has 0 atom stereocenters. The second-order valence-corrected chi connectivity index (χ2v) is 9.26. The maximum absolute atomic E-state index is 6.02. The predicted molar refractivity (Wildman–Crippen MR) is 130 cm³/mol. The largest absolute Gasteiger partial charge is 0.493 e. The summed E-state index contributed by atoms with van der Waals surface area (Å²) in [7, 11) is 0. The lowest BCUT2D eigenvalue weighted by atomic mass is 9.90. The average Bonchev–Trinajstić information content (AvgIpc) is 2.79. The molecule has 0 spiro atoms. The van der Waals surface area contributed by atoms with E-state index in [2.05, 4.69) is 71.7 Å². The standard InChI is InChI=1S/C27H36BrO2/c1-2-3-4-5-6-10-19-29-27-18-15-24(20-26(27)28)23-13-16-25(17-14-23)30-21-22-11-8-7-9-12-22/h7,13-18,20,22H,2-6,8-12,19,21H2,1H3. The normalized spacial score (nSPS) is 14.6. The Morgan fingerprint density at radius 1 is 0.833 bits per heavy atom. The van der Waals surface area contributed by atoms with Crippen LogP contribution in [0.1, 0.15) is 71.1 Å². The van der Waals surface area contributed by atoms with Crippen molar-refractivity contribution < 1.29 is 9.47 Å². The molecule has 0 amide bonds. The Morgan fingerprint density at radius 3 is 2.27 bits per heavy atom. The van der Waals surface area contributed by atoms with Gasteiger partial charge >= 0.3 is 0 Å². The second kappa shape index (κ2) is 13.0. The van der Waals surface area contributed by atoms with Gasteiger partial charge in [-0.3, -0.25) is 0 Å².